The molecule has 0 aliphatic carbocycles. The maximum atomic E-state index is 5.98. The lowest BCUT2D eigenvalue weighted by Crippen LogP contribution is -2.16. The van der Waals surface area contributed by atoms with Gasteiger partial charge in [-0.25, -0.2) is 0 Å². The number of methoxy groups -OCH3 is 1. The van der Waals surface area contributed by atoms with Crippen molar-refractivity contribution in [2.75, 3.05) is 20.3 Å². The maximum Gasteiger partial charge on any atom is 0.165 e. The molecule has 1 aromatic rings. The molecule has 0 atom stereocenters. The van der Waals surface area contributed by atoms with Crippen molar-refractivity contribution in [3.05, 3.63) is 23.8 Å². The van der Waals surface area contributed by atoms with E-state index >= 15 is 0 Å². The predicted molar refractivity (Wildman–Crippen MR) is 98.4 cm³/mol. The van der Waals surface area contributed by atoms with Gasteiger partial charge in [-0.05, 0) is 24.9 Å². The number of unbranched alkanes of at least 4 members (excludes halogenated alkanes) is 5. The molecule has 0 aliphatic heterocycles. The number of benzene rings is 1. The molecule has 0 radical (unpaired) electrons. The molecule has 1 N–H and O–H groups in total. The van der Waals surface area contributed by atoms with Gasteiger partial charge >= 0.3 is 0 Å². The summed E-state index contributed by atoms with van der Waals surface area (Å²) >= 11 is 0. The normalized spacial score (nSPS) is 11.0. The summed E-state index contributed by atoms with van der Waals surface area (Å²) in [5, 5.41) is 3.54. The van der Waals surface area contributed by atoms with Crippen LogP contribution >= 0.6 is 0 Å². The summed E-state index contributed by atoms with van der Waals surface area (Å²) in [6, 6.07) is 6.11. The first-order chi connectivity index (χ1) is 11.2. The van der Waals surface area contributed by atoms with E-state index in [2.05, 4.69) is 32.2 Å². The lowest BCUT2D eigenvalue weighted by molar-refractivity contribution is 0.254. The van der Waals surface area contributed by atoms with E-state index in [1.807, 2.05) is 12.1 Å². The van der Waals surface area contributed by atoms with E-state index in [9.17, 15) is 0 Å². The van der Waals surface area contributed by atoms with Crippen molar-refractivity contribution >= 4 is 0 Å². The zero-order valence-corrected chi connectivity index (χ0v) is 15.5. The molecule has 0 amide bonds. The molecule has 0 heterocycles. The standard InChI is InChI=1S/C20H35NO2/c1-5-6-7-8-9-10-14-21-15-18-12-11-13-19(22-4)20(18)23-16-17(2)3/h11-13,17,21H,5-10,14-16H2,1-4H3. The molecule has 0 spiro atoms. The zero-order chi connectivity index (χ0) is 16.9. The fourth-order valence-electron chi connectivity index (χ4n) is 2.53. The Kier molecular flexibility index (Phi) is 10.5. The number of para-hydroxylation sites is 1. The first kappa shape index (κ1) is 19.8. The minimum atomic E-state index is 0.504. The van der Waals surface area contributed by atoms with E-state index in [0.717, 1.165) is 24.6 Å². The number of hydrogen-bond donors (Lipinski definition) is 1. The van der Waals surface area contributed by atoms with Gasteiger partial charge in [0.05, 0.1) is 13.7 Å². The molecular formula is C20H35NO2. The van der Waals surface area contributed by atoms with Crippen LogP contribution in [0.3, 0.4) is 0 Å². The summed E-state index contributed by atoms with van der Waals surface area (Å²) < 4.78 is 11.4. The highest BCUT2D eigenvalue weighted by atomic mass is 16.5. The van der Waals surface area contributed by atoms with Crippen LogP contribution in [0.2, 0.25) is 0 Å². The van der Waals surface area contributed by atoms with Gasteiger partial charge in [-0.15, -0.1) is 0 Å². The van der Waals surface area contributed by atoms with Crippen LogP contribution in [0.4, 0.5) is 0 Å². The minimum Gasteiger partial charge on any atom is -0.493 e. The Morgan fingerprint density at radius 2 is 1.78 bits per heavy atom. The lowest BCUT2D eigenvalue weighted by Gasteiger charge is -2.16. The Morgan fingerprint density at radius 3 is 2.48 bits per heavy atom. The molecular weight excluding hydrogens is 286 g/mol. The van der Waals surface area contributed by atoms with E-state index in [0.29, 0.717) is 12.5 Å². The summed E-state index contributed by atoms with van der Waals surface area (Å²) in [6.45, 7) is 9.18. The van der Waals surface area contributed by atoms with Crippen molar-refractivity contribution < 1.29 is 9.47 Å². The Hall–Kier alpha value is -1.22. The maximum absolute atomic E-state index is 5.98. The molecule has 0 aromatic heterocycles. The van der Waals surface area contributed by atoms with Crippen LogP contribution in [0.1, 0.15) is 64.9 Å². The second-order valence-corrected chi connectivity index (χ2v) is 6.60. The number of hydrogen-bond acceptors (Lipinski definition) is 3. The molecule has 0 unspecified atom stereocenters. The fourth-order valence-corrected chi connectivity index (χ4v) is 2.53. The predicted octanol–water partition coefficient (Wildman–Crippen LogP) is 5.18. The van der Waals surface area contributed by atoms with E-state index in [4.69, 9.17) is 9.47 Å². The highest BCUT2D eigenvalue weighted by Gasteiger charge is 2.11. The molecule has 132 valence electrons. The molecule has 0 fully saturated rings. The van der Waals surface area contributed by atoms with Crippen LogP contribution < -0.4 is 14.8 Å². The summed E-state index contributed by atoms with van der Waals surface area (Å²) in [6.07, 6.45) is 7.98. The van der Waals surface area contributed by atoms with E-state index in [1.54, 1.807) is 7.11 Å². The molecule has 3 heteroatoms. The second-order valence-electron chi connectivity index (χ2n) is 6.60. The Balaban J connectivity index is 2.40. The fraction of sp³-hybridized carbons (Fsp3) is 0.700. The lowest BCUT2D eigenvalue weighted by atomic mass is 10.1. The van der Waals surface area contributed by atoms with Crippen molar-refractivity contribution in [3.8, 4) is 11.5 Å². The highest BCUT2D eigenvalue weighted by molar-refractivity contribution is 5.46. The molecule has 0 bridgehead atoms. The van der Waals surface area contributed by atoms with Gasteiger partial charge < -0.3 is 14.8 Å². The number of ether oxygens (including phenoxy) is 2. The van der Waals surface area contributed by atoms with Gasteiger partial charge in [-0.2, -0.15) is 0 Å². The molecule has 23 heavy (non-hydrogen) atoms. The van der Waals surface area contributed by atoms with Gasteiger partial charge in [0, 0.05) is 12.1 Å². The van der Waals surface area contributed by atoms with Crippen molar-refractivity contribution in [1.82, 2.24) is 5.32 Å². The van der Waals surface area contributed by atoms with Gasteiger partial charge in [0.15, 0.2) is 11.5 Å². The molecule has 0 aliphatic rings. The van der Waals surface area contributed by atoms with E-state index < -0.39 is 0 Å². The quantitative estimate of drug-likeness (QED) is 0.508. The minimum absolute atomic E-state index is 0.504. The highest BCUT2D eigenvalue weighted by Crippen LogP contribution is 2.31. The Bertz CT molecular complexity index is 418. The molecule has 1 rings (SSSR count). The van der Waals surface area contributed by atoms with E-state index in [1.165, 1.54) is 44.1 Å². The summed E-state index contributed by atoms with van der Waals surface area (Å²) in [7, 11) is 1.70. The smallest absolute Gasteiger partial charge is 0.165 e. The van der Waals surface area contributed by atoms with Gasteiger partial charge in [-0.3, -0.25) is 0 Å². The van der Waals surface area contributed by atoms with E-state index in [-0.39, 0.29) is 0 Å². The van der Waals surface area contributed by atoms with Crippen LogP contribution in [0, 0.1) is 5.92 Å². The van der Waals surface area contributed by atoms with Gasteiger partial charge in [-0.1, -0.05) is 65.0 Å². The summed E-state index contributed by atoms with van der Waals surface area (Å²) in [5.41, 5.74) is 1.18. The van der Waals surface area contributed by atoms with Gasteiger partial charge in [0.1, 0.15) is 0 Å². The number of rotatable bonds is 13. The van der Waals surface area contributed by atoms with Crippen molar-refractivity contribution in [2.24, 2.45) is 5.92 Å². The van der Waals surface area contributed by atoms with Gasteiger partial charge in [0.2, 0.25) is 0 Å². The van der Waals surface area contributed by atoms with Gasteiger partial charge in [0.25, 0.3) is 0 Å². The summed E-state index contributed by atoms with van der Waals surface area (Å²) in [5.74, 6) is 2.22. The van der Waals surface area contributed by atoms with Crippen LogP contribution in [-0.2, 0) is 6.54 Å². The zero-order valence-electron chi connectivity index (χ0n) is 15.5. The molecule has 3 nitrogen and oxygen atoms in total. The Labute approximate surface area is 142 Å². The van der Waals surface area contributed by atoms with Crippen LogP contribution in [0.25, 0.3) is 0 Å². The first-order valence-corrected chi connectivity index (χ1v) is 9.18. The van der Waals surface area contributed by atoms with Crippen molar-refractivity contribution in [1.29, 1.82) is 0 Å². The van der Waals surface area contributed by atoms with Crippen molar-refractivity contribution in [2.45, 2.75) is 65.8 Å². The van der Waals surface area contributed by atoms with Crippen molar-refractivity contribution in [3.63, 3.8) is 0 Å². The van der Waals surface area contributed by atoms with Crippen LogP contribution in [0.15, 0.2) is 18.2 Å². The topological polar surface area (TPSA) is 30.5 Å². The van der Waals surface area contributed by atoms with Crippen LogP contribution in [-0.4, -0.2) is 20.3 Å². The monoisotopic (exact) mass is 321 g/mol. The molecule has 1 aromatic carbocycles. The molecule has 0 saturated heterocycles. The average molecular weight is 322 g/mol. The third-order valence-corrected chi connectivity index (χ3v) is 3.86. The number of nitrogens with one attached hydrogen (secondary N) is 1. The largest absolute Gasteiger partial charge is 0.493 e. The Morgan fingerprint density at radius 1 is 1.04 bits per heavy atom. The van der Waals surface area contributed by atoms with Crippen LogP contribution in [0.5, 0.6) is 11.5 Å². The SMILES string of the molecule is CCCCCCCCNCc1cccc(OC)c1OCC(C)C. The third-order valence-electron chi connectivity index (χ3n) is 3.86. The third kappa shape index (κ3) is 8.26. The molecule has 0 saturated carbocycles. The average Bonchev–Trinajstić information content (AvgIpc) is 2.55. The second kappa shape index (κ2) is 12.2. The summed E-state index contributed by atoms with van der Waals surface area (Å²) in [4.78, 5) is 0. The first-order valence-electron chi connectivity index (χ1n) is 9.18.